The maximum absolute atomic E-state index is 13.4. The van der Waals surface area contributed by atoms with Gasteiger partial charge in [0.25, 0.3) is 17.7 Å². The summed E-state index contributed by atoms with van der Waals surface area (Å²) >= 11 is 6.23. The molecule has 1 N–H and O–H groups in total. The molecule has 5 aliphatic rings. The van der Waals surface area contributed by atoms with Crippen LogP contribution < -0.4 is 19.7 Å². The minimum atomic E-state index is -0.981. The monoisotopic (exact) mass is 818 g/mol. The Morgan fingerprint density at radius 1 is 0.814 bits per heavy atom. The van der Waals surface area contributed by atoms with Gasteiger partial charge >= 0.3 is 0 Å². The fourth-order valence-corrected chi connectivity index (χ4v) is 10.0. The molecule has 3 aromatic carbocycles. The summed E-state index contributed by atoms with van der Waals surface area (Å²) < 4.78 is 12.7. The molecule has 1 aliphatic carbocycles. The molecule has 1 atom stereocenters. The third-order valence-corrected chi connectivity index (χ3v) is 13.0. The highest BCUT2D eigenvalue weighted by molar-refractivity contribution is 6.31. The molecule has 59 heavy (non-hydrogen) atoms. The number of piperidine rings is 3. The normalized spacial score (nSPS) is 23.3. The zero-order chi connectivity index (χ0) is 41.8. The molecule has 0 radical (unpaired) electrons. The SMILES string of the molecule is CC1(C)C(=NC(=O)c2ccc(OC3CCN(C4CCN(c5ccc6c(c5)C(=O)N(C5CCC(=O)NC5=O)C6=O)CC4)CC3)cc2)C(C)(C)C1Oc1ccc(C#N)c(Cl)c1. The number of aliphatic imine (C=N–C) groups is 1. The molecule has 4 fully saturated rings. The molecule has 13 nitrogen and oxygen atoms in total. The van der Waals surface area contributed by atoms with Crippen molar-refractivity contribution < 1.29 is 33.4 Å². The summed E-state index contributed by atoms with van der Waals surface area (Å²) in [6.07, 6.45) is 3.73. The van der Waals surface area contributed by atoms with Gasteiger partial charge in [-0.25, -0.2) is 4.99 Å². The lowest BCUT2D eigenvalue weighted by atomic mass is 9.51. The van der Waals surface area contributed by atoms with Crippen LogP contribution in [-0.4, -0.2) is 95.5 Å². The number of nitrogens with one attached hydrogen (secondary N) is 1. The van der Waals surface area contributed by atoms with Crippen LogP contribution in [0.2, 0.25) is 5.02 Å². The number of hydrogen-bond donors (Lipinski definition) is 1. The van der Waals surface area contributed by atoms with Gasteiger partial charge in [0.1, 0.15) is 35.8 Å². The van der Waals surface area contributed by atoms with E-state index >= 15 is 0 Å². The molecule has 1 saturated carbocycles. The second kappa shape index (κ2) is 15.5. The lowest BCUT2D eigenvalue weighted by Gasteiger charge is -2.57. The van der Waals surface area contributed by atoms with Crippen molar-refractivity contribution in [3.63, 3.8) is 0 Å². The summed E-state index contributed by atoms with van der Waals surface area (Å²) in [6, 6.07) is 19.0. The Labute approximate surface area is 348 Å². The molecule has 1 unspecified atom stereocenters. The zero-order valence-electron chi connectivity index (χ0n) is 33.6. The van der Waals surface area contributed by atoms with Gasteiger partial charge in [0.05, 0.1) is 21.7 Å². The average molecular weight is 819 g/mol. The van der Waals surface area contributed by atoms with E-state index in [9.17, 15) is 29.2 Å². The van der Waals surface area contributed by atoms with Crippen LogP contribution in [0, 0.1) is 22.2 Å². The van der Waals surface area contributed by atoms with E-state index in [0.29, 0.717) is 33.5 Å². The maximum atomic E-state index is 13.4. The van der Waals surface area contributed by atoms with Crippen molar-refractivity contribution in [2.24, 2.45) is 15.8 Å². The van der Waals surface area contributed by atoms with E-state index in [1.54, 1.807) is 42.5 Å². The largest absolute Gasteiger partial charge is 0.490 e. The summed E-state index contributed by atoms with van der Waals surface area (Å²) in [7, 11) is 0. The number of ether oxygens (including phenoxy) is 2. The Kier molecular flexibility index (Phi) is 10.6. The molecule has 306 valence electrons. The van der Waals surface area contributed by atoms with E-state index in [0.717, 1.165) is 73.9 Å². The molecule has 0 aromatic heterocycles. The predicted molar refractivity (Wildman–Crippen MR) is 220 cm³/mol. The standard InChI is InChI=1S/C45H47ClN6O7/c1-44(2)42(45(3,4)43(44)59-32-11-7-27(25-47)35(46)24-32)49-38(54)26-5-9-30(10-6-26)58-31-17-21-50(22-18-31)28-15-19-51(20-16-28)29-8-12-33-34(23-29)41(57)52(40(33)56)36-13-14-37(53)48-39(36)55/h5-12,23-24,28,31,36,43H,13-22H2,1-4H3,(H,48,53,55). The van der Waals surface area contributed by atoms with Crippen LogP contribution in [-0.2, 0) is 9.59 Å². The zero-order valence-corrected chi connectivity index (χ0v) is 34.4. The summed E-state index contributed by atoms with van der Waals surface area (Å²) in [6.45, 7) is 11.5. The second-order valence-corrected chi connectivity index (χ2v) is 17.6. The van der Waals surface area contributed by atoms with Crippen molar-refractivity contribution >= 4 is 52.5 Å². The van der Waals surface area contributed by atoms with Crippen molar-refractivity contribution in [2.45, 2.75) is 90.5 Å². The van der Waals surface area contributed by atoms with Gasteiger partial charge in [-0.1, -0.05) is 39.3 Å². The number of carbonyl (C=O) groups is 5. The van der Waals surface area contributed by atoms with Crippen LogP contribution in [0.1, 0.15) is 103 Å². The fourth-order valence-electron chi connectivity index (χ4n) is 9.82. The number of nitriles is 1. The first-order chi connectivity index (χ1) is 28.1. The molecule has 14 heteroatoms. The summed E-state index contributed by atoms with van der Waals surface area (Å²) in [4.78, 5) is 74.3. The predicted octanol–water partition coefficient (Wildman–Crippen LogP) is 6.22. The van der Waals surface area contributed by atoms with Gasteiger partial charge in [0.2, 0.25) is 11.8 Å². The van der Waals surface area contributed by atoms with Crippen molar-refractivity contribution in [2.75, 3.05) is 31.1 Å². The average Bonchev–Trinajstić information content (AvgIpc) is 3.47. The van der Waals surface area contributed by atoms with Crippen molar-refractivity contribution in [3.8, 4) is 17.6 Å². The Morgan fingerprint density at radius 2 is 1.47 bits per heavy atom. The van der Waals surface area contributed by atoms with E-state index in [1.807, 2.05) is 45.9 Å². The first-order valence-electron chi connectivity index (χ1n) is 20.3. The molecule has 4 aliphatic heterocycles. The van der Waals surface area contributed by atoms with Gasteiger partial charge in [-0.05, 0) is 86.7 Å². The minimum absolute atomic E-state index is 0.0685. The number of carbonyl (C=O) groups excluding carboxylic acids is 5. The Hall–Kier alpha value is -5.58. The van der Waals surface area contributed by atoms with Crippen molar-refractivity contribution in [1.82, 2.24) is 15.1 Å². The first-order valence-corrected chi connectivity index (χ1v) is 20.6. The van der Waals surface area contributed by atoms with Gasteiger partial charge in [-0.15, -0.1) is 0 Å². The van der Waals surface area contributed by atoms with Crippen LogP contribution in [0.25, 0.3) is 0 Å². The summed E-state index contributed by atoms with van der Waals surface area (Å²) in [5.41, 5.74) is 2.07. The summed E-state index contributed by atoms with van der Waals surface area (Å²) in [5.74, 6) is -1.04. The Balaban J connectivity index is 0.805. The lowest BCUT2D eigenvalue weighted by Crippen LogP contribution is -2.67. The number of anilines is 1. The highest BCUT2D eigenvalue weighted by Gasteiger charge is 2.61. The molecular formula is C45H47ClN6O7. The van der Waals surface area contributed by atoms with E-state index < -0.39 is 40.5 Å². The third kappa shape index (κ3) is 7.49. The first kappa shape index (κ1) is 40.2. The number of rotatable bonds is 8. The Morgan fingerprint density at radius 3 is 2.12 bits per heavy atom. The Bertz CT molecular complexity index is 2280. The second-order valence-electron chi connectivity index (χ2n) is 17.2. The van der Waals surface area contributed by atoms with Crippen LogP contribution >= 0.6 is 11.6 Å². The van der Waals surface area contributed by atoms with Crippen LogP contribution in [0.5, 0.6) is 11.5 Å². The number of amides is 5. The molecule has 8 rings (SSSR count). The maximum Gasteiger partial charge on any atom is 0.276 e. The van der Waals surface area contributed by atoms with Crippen LogP contribution in [0.4, 0.5) is 5.69 Å². The van der Waals surface area contributed by atoms with Crippen molar-refractivity contribution in [1.29, 1.82) is 5.26 Å². The van der Waals surface area contributed by atoms with Gasteiger partial charge in [0.15, 0.2) is 0 Å². The highest BCUT2D eigenvalue weighted by Crippen LogP contribution is 2.53. The van der Waals surface area contributed by atoms with E-state index in [2.05, 4.69) is 26.2 Å². The lowest BCUT2D eigenvalue weighted by molar-refractivity contribution is -0.136. The smallest absolute Gasteiger partial charge is 0.276 e. The van der Waals surface area contributed by atoms with E-state index in [-0.39, 0.29) is 36.5 Å². The third-order valence-electron chi connectivity index (χ3n) is 12.7. The van der Waals surface area contributed by atoms with Crippen LogP contribution in [0.3, 0.4) is 0 Å². The van der Waals surface area contributed by atoms with Crippen LogP contribution in [0.15, 0.2) is 65.7 Å². The number of fused-ring (bicyclic) bond motifs is 1. The number of benzene rings is 3. The minimum Gasteiger partial charge on any atom is -0.490 e. The number of imide groups is 2. The number of hydrogen-bond acceptors (Lipinski definition) is 10. The molecule has 0 bridgehead atoms. The quantitative estimate of drug-likeness (QED) is 0.259. The van der Waals surface area contributed by atoms with E-state index in [1.165, 1.54) is 0 Å². The summed E-state index contributed by atoms with van der Waals surface area (Å²) in [5, 5.41) is 11.8. The highest BCUT2D eigenvalue weighted by atomic mass is 35.5. The van der Waals surface area contributed by atoms with Crippen molar-refractivity contribution in [3.05, 3.63) is 87.9 Å². The molecular weight excluding hydrogens is 772 g/mol. The molecule has 3 saturated heterocycles. The number of nitrogens with zero attached hydrogens (tertiary/aromatic N) is 5. The van der Waals surface area contributed by atoms with Gasteiger partial charge in [-0.3, -0.25) is 39.1 Å². The van der Waals surface area contributed by atoms with Gasteiger partial charge in [-0.2, -0.15) is 5.26 Å². The molecule has 0 spiro atoms. The molecule has 3 aromatic rings. The fraction of sp³-hybridized carbons (Fsp3) is 0.444. The van der Waals surface area contributed by atoms with Gasteiger partial charge in [0, 0.05) is 72.5 Å². The topological polar surface area (TPSA) is 162 Å². The number of halogens is 1. The van der Waals surface area contributed by atoms with E-state index in [4.69, 9.17) is 21.1 Å². The molecule has 5 amide bonds. The molecule has 4 heterocycles. The van der Waals surface area contributed by atoms with Gasteiger partial charge < -0.3 is 14.4 Å². The number of likely N-dealkylation sites (tertiary alicyclic amines) is 1.